The second kappa shape index (κ2) is 6.22. The van der Waals surface area contributed by atoms with E-state index in [0.29, 0.717) is 0 Å². The summed E-state index contributed by atoms with van der Waals surface area (Å²) in [4.78, 5) is 1.42. The number of para-hydroxylation sites is 1. The number of hydrogen-bond acceptors (Lipinski definition) is 4. The number of furan rings is 1. The van der Waals surface area contributed by atoms with Crippen LogP contribution in [0.15, 0.2) is 52.3 Å². The second-order valence-corrected chi connectivity index (χ2v) is 5.91. The molecule has 2 heterocycles. The molecule has 1 aromatic carbocycles. The maximum atomic E-state index is 5.87. The lowest BCUT2D eigenvalue weighted by Crippen LogP contribution is -2.27. The number of hydrogen-bond donors (Lipinski definition) is 2. The van der Waals surface area contributed by atoms with Crippen molar-refractivity contribution < 1.29 is 4.42 Å². The van der Waals surface area contributed by atoms with Gasteiger partial charge in [-0.1, -0.05) is 24.3 Å². The van der Waals surface area contributed by atoms with E-state index in [-0.39, 0.29) is 6.04 Å². The van der Waals surface area contributed by atoms with E-state index in [2.05, 4.69) is 35.1 Å². The van der Waals surface area contributed by atoms with E-state index in [1.54, 1.807) is 11.3 Å². The standard InChI is InChI=1S/C16H18N2OS/c17-18-14(8-3-6-13-7-4-10-20-13)16-11-12-5-1-2-9-15(12)19-16/h1-2,4-5,7,9-11,14,18H,3,6,8,17H2. The molecule has 0 fully saturated rings. The third-order valence-electron chi connectivity index (χ3n) is 3.49. The molecule has 4 heteroatoms. The fourth-order valence-electron chi connectivity index (χ4n) is 2.42. The molecule has 0 bridgehead atoms. The molecular formula is C16H18N2OS. The number of benzene rings is 1. The molecule has 0 spiro atoms. The molecule has 3 aromatic rings. The monoisotopic (exact) mass is 286 g/mol. The predicted octanol–water partition coefficient (Wildman–Crippen LogP) is 4.02. The minimum Gasteiger partial charge on any atom is -0.459 e. The highest BCUT2D eigenvalue weighted by Crippen LogP contribution is 2.26. The van der Waals surface area contributed by atoms with Gasteiger partial charge in [-0.3, -0.25) is 5.84 Å². The minimum absolute atomic E-state index is 0.0716. The van der Waals surface area contributed by atoms with Crippen LogP contribution in [0, 0.1) is 0 Å². The van der Waals surface area contributed by atoms with Gasteiger partial charge in [0, 0.05) is 10.3 Å². The van der Waals surface area contributed by atoms with Crippen molar-refractivity contribution in [1.29, 1.82) is 0 Å². The molecule has 3 N–H and O–H groups in total. The fourth-order valence-corrected chi connectivity index (χ4v) is 3.17. The van der Waals surface area contributed by atoms with Crippen molar-refractivity contribution in [2.24, 2.45) is 5.84 Å². The average molecular weight is 286 g/mol. The summed E-state index contributed by atoms with van der Waals surface area (Å²) in [7, 11) is 0. The number of hydrazine groups is 1. The number of aryl methyl sites for hydroxylation is 1. The van der Waals surface area contributed by atoms with Crippen molar-refractivity contribution in [3.05, 3.63) is 58.5 Å². The summed E-state index contributed by atoms with van der Waals surface area (Å²) in [6.45, 7) is 0. The van der Waals surface area contributed by atoms with Crippen molar-refractivity contribution in [3.63, 3.8) is 0 Å². The van der Waals surface area contributed by atoms with Gasteiger partial charge in [0.15, 0.2) is 0 Å². The summed E-state index contributed by atoms with van der Waals surface area (Å²) in [6.07, 6.45) is 3.15. The van der Waals surface area contributed by atoms with Crippen molar-refractivity contribution in [1.82, 2.24) is 5.43 Å². The maximum Gasteiger partial charge on any atom is 0.134 e. The maximum absolute atomic E-state index is 5.87. The lowest BCUT2D eigenvalue weighted by molar-refractivity contribution is 0.409. The third kappa shape index (κ3) is 2.93. The van der Waals surface area contributed by atoms with Gasteiger partial charge in [0.25, 0.3) is 0 Å². The lowest BCUT2D eigenvalue weighted by atomic mass is 10.1. The van der Waals surface area contributed by atoms with Gasteiger partial charge in [0.1, 0.15) is 11.3 Å². The number of fused-ring (bicyclic) bond motifs is 1. The van der Waals surface area contributed by atoms with Crippen LogP contribution in [0.2, 0.25) is 0 Å². The van der Waals surface area contributed by atoms with Crippen molar-refractivity contribution in [3.8, 4) is 0 Å². The topological polar surface area (TPSA) is 51.2 Å². The fraction of sp³-hybridized carbons (Fsp3) is 0.250. The number of thiophene rings is 1. The first-order valence-corrected chi connectivity index (χ1v) is 7.72. The molecule has 1 atom stereocenters. The summed E-state index contributed by atoms with van der Waals surface area (Å²) >= 11 is 1.81. The Morgan fingerprint density at radius 1 is 1.20 bits per heavy atom. The van der Waals surface area contributed by atoms with Crippen LogP contribution in [0.3, 0.4) is 0 Å². The minimum atomic E-state index is 0.0716. The Kier molecular flexibility index (Phi) is 4.16. The second-order valence-electron chi connectivity index (χ2n) is 4.88. The van der Waals surface area contributed by atoms with E-state index in [9.17, 15) is 0 Å². The number of nitrogens with one attached hydrogen (secondary N) is 1. The van der Waals surface area contributed by atoms with Crippen LogP contribution in [0.25, 0.3) is 11.0 Å². The number of nitrogens with two attached hydrogens (primary N) is 1. The molecular weight excluding hydrogens is 268 g/mol. The summed E-state index contributed by atoms with van der Waals surface area (Å²) in [5.74, 6) is 6.60. The summed E-state index contributed by atoms with van der Waals surface area (Å²) in [5.41, 5.74) is 3.79. The van der Waals surface area contributed by atoms with E-state index < -0.39 is 0 Å². The molecule has 3 rings (SSSR count). The molecule has 3 nitrogen and oxygen atoms in total. The molecule has 0 saturated heterocycles. The predicted molar refractivity (Wildman–Crippen MR) is 83.5 cm³/mol. The van der Waals surface area contributed by atoms with Gasteiger partial charge >= 0.3 is 0 Å². The van der Waals surface area contributed by atoms with Gasteiger partial charge in [-0.05, 0) is 42.8 Å². The smallest absolute Gasteiger partial charge is 0.134 e. The zero-order chi connectivity index (χ0) is 13.8. The zero-order valence-corrected chi connectivity index (χ0v) is 12.0. The van der Waals surface area contributed by atoms with E-state index >= 15 is 0 Å². The molecule has 0 aliphatic carbocycles. The van der Waals surface area contributed by atoms with E-state index in [4.69, 9.17) is 10.3 Å². The van der Waals surface area contributed by atoms with Gasteiger partial charge in [0.2, 0.25) is 0 Å². The highest BCUT2D eigenvalue weighted by molar-refractivity contribution is 7.09. The van der Waals surface area contributed by atoms with Crippen LogP contribution in [-0.2, 0) is 6.42 Å². The van der Waals surface area contributed by atoms with Gasteiger partial charge in [0.05, 0.1) is 6.04 Å². The zero-order valence-electron chi connectivity index (χ0n) is 11.2. The lowest BCUT2D eigenvalue weighted by Gasteiger charge is -2.12. The van der Waals surface area contributed by atoms with Crippen LogP contribution < -0.4 is 11.3 Å². The molecule has 1 unspecified atom stereocenters. The Bertz CT molecular complexity index is 627. The first-order chi connectivity index (χ1) is 9.86. The normalized spacial score (nSPS) is 12.8. The Balaban J connectivity index is 1.66. The third-order valence-corrected chi connectivity index (χ3v) is 4.42. The Morgan fingerprint density at radius 3 is 2.85 bits per heavy atom. The molecule has 104 valence electrons. The van der Waals surface area contributed by atoms with Gasteiger partial charge in [-0.2, -0.15) is 0 Å². The van der Waals surface area contributed by atoms with E-state index in [1.165, 1.54) is 4.88 Å². The Hall–Kier alpha value is -1.62. The van der Waals surface area contributed by atoms with Crippen LogP contribution >= 0.6 is 11.3 Å². The van der Waals surface area contributed by atoms with Gasteiger partial charge < -0.3 is 4.42 Å². The average Bonchev–Trinajstić information content (AvgIpc) is 3.12. The quantitative estimate of drug-likeness (QED) is 0.531. The van der Waals surface area contributed by atoms with Crippen LogP contribution in [-0.4, -0.2) is 0 Å². The Labute approximate surface area is 122 Å². The highest BCUT2D eigenvalue weighted by Gasteiger charge is 2.14. The van der Waals surface area contributed by atoms with E-state index in [1.807, 2.05) is 18.2 Å². The molecule has 20 heavy (non-hydrogen) atoms. The molecule has 0 aliphatic rings. The Morgan fingerprint density at radius 2 is 2.10 bits per heavy atom. The van der Waals surface area contributed by atoms with Crippen LogP contribution in [0.4, 0.5) is 0 Å². The molecule has 0 radical (unpaired) electrons. The largest absolute Gasteiger partial charge is 0.459 e. The first kappa shape index (κ1) is 13.4. The van der Waals surface area contributed by atoms with E-state index in [0.717, 1.165) is 36.0 Å². The SMILES string of the molecule is NNC(CCCc1cccs1)c1cc2ccccc2o1. The van der Waals surface area contributed by atoms with Crippen molar-refractivity contribution >= 4 is 22.3 Å². The van der Waals surface area contributed by atoms with Gasteiger partial charge in [-0.25, -0.2) is 5.43 Å². The first-order valence-electron chi connectivity index (χ1n) is 6.84. The summed E-state index contributed by atoms with van der Waals surface area (Å²) < 4.78 is 5.87. The van der Waals surface area contributed by atoms with Crippen molar-refractivity contribution in [2.45, 2.75) is 25.3 Å². The van der Waals surface area contributed by atoms with Gasteiger partial charge in [-0.15, -0.1) is 11.3 Å². The van der Waals surface area contributed by atoms with Crippen LogP contribution in [0.5, 0.6) is 0 Å². The summed E-state index contributed by atoms with van der Waals surface area (Å²) in [5, 5.41) is 3.24. The molecule has 2 aromatic heterocycles. The molecule has 0 amide bonds. The van der Waals surface area contributed by atoms with Crippen molar-refractivity contribution in [2.75, 3.05) is 0 Å². The molecule has 0 saturated carbocycles. The number of rotatable bonds is 6. The highest BCUT2D eigenvalue weighted by atomic mass is 32.1. The summed E-state index contributed by atoms with van der Waals surface area (Å²) in [6, 6.07) is 14.5. The van der Waals surface area contributed by atoms with Crippen LogP contribution in [0.1, 0.15) is 29.5 Å². The molecule has 0 aliphatic heterocycles.